The lowest BCUT2D eigenvalue weighted by Gasteiger charge is -2.12. The molecule has 100 valence electrons. The number of rotatable bonds is 4. The topological polar surface area (TPSA) is 55.9 Å². The van der Waals surface area contributed by atoms with Crippen molar-refractivity contribution in [2.24, 2.45) is 12.8 Å². The summed E-state index contributed by atoms with van der Waals surface area (Å²) in [6.45, 7) is 4.78. The summed E-state index contributed by atoms with van der Waals surface area (Å²) in [7, 11) is 1.94. The SMILES string of the molecule is Cc1ccc(NCc2cnn(C)c2C)c(C(N)=S)c1. The van der Waals surface area contributed by atoms with Crippen LogP contribution >= 0.6 is 12.2 Å². The minimum atomic E-state index is 0.411. The van der Waals surface area contributed by atoms with Crippen molar-refractivity contribution in [3.05, 3.63) is 46.8 Å². The molecule has 0 bridgehead atoms. The van der Waals surface area contributed by atoms with Crippen molar-refractivity contribution in [1.82, 2.24) is 9.78 Å². The number of nitrogens with one attached hydrogen (secondary N) is 1. The lowest BCUT2D eigenvalue weighted by atomic mass is 10.1. The van der Waals surface area contributed by atoms with Crippen LogP contribution < -0.4 is 11.1 Å². The van der Waals surface area contributed by atoms with Gasteiger partial charge in [0.15, 0.2) is 0 Å². The van der Waals surface area contributed by atoms with Crippen molar-refractivity contribution in [3.63, 3.8) is 0 Å². The summed E-state index contributed by atoms with van der Waals surface area (Å²) in [6, 6.07) is 6.05. The maximum absolute atomic E-state index is 5.76. The van der Waals surface area contributed by atoms with Crippen molar-refractivity contribution in [2.45, 2.75) is 20.4 Å². The Labute approximate surface area is 118 Å². The molecule has 0 saturated carbocycles. The Morgan fingerprint density at radius 2 is 2.16 bits per heavy atom. The van der Waals surface area contributed by atoms with E-state index in [1.54, 1.807) is 0 Å². The van der Waals surface area contributed by atoms with Crippen LogP contribution in [-0.4, -0.2) is 14.8 Å². The lowest BCUT2D eigenvalue weighted by Crippen LogP contribution is -2.13. The van der Waals surface area contributed by atoms with Gasteiger partial charge in [-0.3, -0.25) is 4.68 Å². The summed E-state index contributed by atoms with van der Waals surface area (Å²) >= 11 is 5.09. The van der Waals surface area contributed by atoms with Gasteiger partial charge < -0.3 is 11.1 Å². The van der Waals surface area contributed by atoms with Crippen molar-refractivity contribution < 1.29 is 0 Å². The number of thiocarbonyl (C=S) groups is 1. The number of anilines is 1. The molecule has 5 heteroatoms. The number of aromatic nitrogens is 2. The highest BCUT2D eigenvalue weighted by molar-refractivity contribution is 7.80. The van der Waals surface area contributed by atoms with Crippen LogP contribution in [0.4, 0.5) is 5.69 Å². The van der Waals surface area contributed by atoms with Crippen LogP contribution in [0.15, 0.2) is 24.4 Å². The standard InChI is InChI=1S/C14H18N4S/c1-9-4-5-13(12(6-9)14(15)19)16-7-11-8-17-18(3)10(11)2/h4-6,8,16H,7H2,1-3H3,(H2,15,19). The van der Waals surface area contributed by atoms with Gasteiger partial charge in [0.1, 0.15) is 4.99 Å². The van der Waals surface area contributed by atoms with E-state index in [1.807, 2.05) is 50.0 Å². The zero-order valence-electron chi connectivity index (χ0n) is 11.4. The van der Waals surface area contributed by atoms with E-state index >= 15 is 0 Å². The average Bonchev–Trinajstić information content (AvgIpc) is 2.68. The molecule has 1 heterocycles. The second-order valence-electron chi connectivity index (χ2n) is 4.65. The third kappa shape index (κ3) is 2.93. The Balaban J connectivity index is 2.20. The molecule has 0 aliphatic carbocycles. The predicted molar refractivity (Wildman–Crippen MR) is 82.3 cm³/mol. The minimum absolute atomic E-state index is 0.411. The highest BCUT2D eigenvalue weighted by Gasteiger charge is 2.07. The quantitative estimate of drug-likeness (QED) is 0.840. The normalized spacial score (nSPS) is 10.5. The molecule has 0 aliphatic heterocycles. The van der Waals surface area contributed by atoms with Gasteiger partial charge in [-0.1, -0.05) is 23.8 Å². The van der Waals surface area contributed by atoms with Crippen molar-refractivity contribution in [2.75, 3.05) is 5.32 Å². The first-order chi connectivity index (χ1) is 8.99. The molecule has 1 aromatic carbocycles. The molecule has 0 aliphatic rings. The monoisotopic (exact) mass is 274 g/mol. The first-order valence-electron chi connectivity index (χ1n) is 6.11. The molecule has 0 fully saturated rings. The maximum atomic E-state index is 5.76. The fourth-order valence-electron chi connectivity index (χ4n) is 1.92. The average molecular weight is 274 g/mol. The van der Waals surface area contributed by atoms with Crippen LogP contribution in [0, 0.1) is 13.8 Å². The first kappa shape index (κ1) is 13.5. The number of benzene rings is 1. The summed E-state index contributed by atoms with van der Waals surface area (Å²) in [6.07, 6.45) is 1.87. The van der Waals surface area contributed by atoms with Gasteiger partial charge in [-0.2, -0.15) is 5.10 Å². The molecular weight excluding hydrogens is 256 g/mol. The van der Waals surface area contributed by atoms with Gasteiger partial charge in [0.2, 0.25) is 0 Å². The number of nitrogens with zero attached hydrogens (tertiary/aromatic N) is 2. The molecule has 2 aromatic rings. The highest BCUT2D eigenvalue weighted by Crippen LogP contribution is 2.19. The minimum Gasteiger partial charge on any atom is -0.389 e. The highest BCUT2D eigenvalue weighted by atomic mass is 32.1. The molecule has 2 rings (SSSR count). The molecule has 0 amide bonds. The Morgan fingerprint density at radius 1 is 1.42 bits per heavy atom. The summed E-state index contributed by atoms with van der Waals surface area (Å²) in [5, 5.41) is 7.60. The fraction of sp³-hybridized carbons (Fsp3) is 0.286. The van der Waals surface area contributed by atoms with Gasteiger partial charge in [0.25, 0.3) is 0 Å². The van der Waals surface area contributed by atoms with E-state index in [4.69, 9.17) is 18.0 Å². The van der Waals surface area contributed by atoms with Crippen LogP contribution in [0.2, 0.25) is 0 Å². The molecular formula is C14H18N4S. The van der Waals surface area contributed by atoms with E-state index in [2.05, 4.69) is 10.4 Å². The number of nitrogens with two attached hydrogens (primary N) is 1. The predicted octanol–water partition coefficient (Wildman–Crippen LogP) is 2.28. The smallest absolute Gasteiger partial charge is 0.106 e. The number of hydrogen-bond donors (Lipinski definition) is 2. The number of hydrogen-bond acceptors (Lipinski definition) is 3. The van der Waals surface area contributed by atoms with Crippen molar-refractivity contribution >= 4 is 22.9 Å². The third-order valence-electron chi connectivity index (χ3n) is 3.25. The second-order valence-corrected chi connectivity index (χ2v) is 5.09. The van der Waals surface area contributed by atoms with Gasteiger partial charge in [0.05, 0.1) is 6.20 Å². The van der Waals surface area contributed by atoms with E-state index < -0.39 is 0 Å². The summed E-state index contributed by atoms with van der Waals surface area (Å²) in [5.41, 5.74) is 11.1. The van der Waals surface area contributed by atoms with Crippen LogP contribution in [-0.2, 0) is 13.6 Å². The molecule has 4 nitrogen and oxygen atoms in total. The summed E-state index contributed by atoms with van der Waals surface area (Å²) in [5.74, 6) is 0. The van der Waals surface area contributed by atoms with Crippen molar-refractivity contribution in [1.29, 1.82) is 0 Å². The molecule has 0 spiro atoms. The van der Waals surface area contributed by atoms with Gasteiger partial charge in [0, 0.05) is 36.1 Å². The molecule has 0 atom stereocenters. The molecule has 0 saturated heterocycles. The molecule has 3 N–H and O–H groups in total. The summed E-state index contributed by atoms with van der Waals surface area (Å²) in [4.78, 5) is 0.411. The zero-order chi connectivity index (χ0) is 14.0. The molecule has 0 radical (unpaired) electrons. The number of aryl methyl sites for hydroxylation is 2. The zero-order valence-corrected chi connectivity index (χ0v) is 12.2. The Hall–Kier alpha value is -1.88. The van der Waals surface area contributed by atoms with Crippen LogP contribution in [0.5, 0.6) is 0 Å². The van der Waals surface area contributed by atoms with Gasteiger partial charge >= 0.3 is 0 Å². The van der Waals surface area contributed by atoms with E-state index in [-0.39, 0.29) is 0 Å². The summed E-state index contributed by atoms with van der Waals surface area (Å²) < 4.78 is 1.86. The van der Waals surface area contributed by atoms with E-state index in [0.29, 0.717) is 11.5 Å². The second kappa shape index (κ2) is 5.40. The van der Waals surface area contributed by atoms with Gasteiger partial charge in [-0.15, -0.1) is 0 Å². The third-order valence-corrected chi connectivity index (χ3v) is 3.47. The molecule has 1 aromatic heterocycles. The van der Waals surface area contributed by atoms with Crippen LogP contribution in [0.25, 0.3) is 0 Å². The fourth-order valence-corrected chi connectivity index (χ4v) is 2.09. The lowest BCUT2D eigenvalue weighted by molar-refractivity contribution is 0.738. The van der Waals surface area contributed by atoms with Crippen LogP contribution in [0.1, 0.15) is 22.4 Å². The van der Waals surface area contributed by atoms with Gasteiger partial charge in [-0.05, 0) is 26.0 Å². The largest absolute Gasteiger partial charge is 0.389 e. The van der Waals surface area contributed by atoms with E-state index in [1.165, 1.54) is 0 Å². The van der Waals surface area contributed by atoms with Gasteiger partial charge in [-0.25, -0.2) is 0 Å². The maximum Gasteiger partial charge on any atom is 0.106 e. The van der Waals surface area contributed by atoms with Crippen LogP contribution in [0.3, 0.4) is 0 Å². The van der Waals surface area contributed by atoms with E-state index in [9.17, 15) is 0 Å². The Bertz CT molecular complexity index is 616. The Morgan fingerprint density at radius 3 is 2.74 bits per heavy atom. The van der Waals surface area contributed by atoms with Crippen molar-refractivity contribution in [3.8, 4) is 0 Å². The van der Waals surface area contributed by atoms with E-state index in [0.717, 1.165) is 28.1 Å². The Kier molecular flexibility index (Phi) is 3.85. The molecule has 0 unspecified atom stereocenters. The molecule has 19 heavy (non-hydrogen) atoms. The first-order valence-corrected chi connectivity index (χ1v) is 6.51.